The van der Waals surface area contributed by atoms with Gasteiger partial charge in [-0.15, -0.1) is 0 Å². The SMILES string of the molecule is COC(=O)C(CC(C)C)NC(=O)CCn1cnc2ccccc21. The van der Waals surface area contributed by atoms with Crippen LogP contribution in [-0.4, -0.2) is 34.6 Å². The van der Waals surface area contributed by atoms with Gasteiger partial charge in [-0.1, -0.05) is 26.0 Å². The largest absolute Gasteiger partial charge is 0.467 e. The Labute approximate surface area is 135 Å². The molecule has 0 fully saturated rings. The molecule has 1 atom stereocenters. The zero-order valence-corrected chi connectivity index (χ0v) is 13.8. The molecular weight excluding hydrogens is 294 g/mol. The van der Waals surface area contributed by atoms with Gasteiger partial charge in [0, 0.05) is 13.0 Å². The fraction of sp³-hybridized carbons (Fsp3) is 0.471. The van der Waals surface area contributed by atoms with E-state index in [1.165, 1.54) is 7.11 Å². The number of hydrogen-bond acceptors (Lipinski definition) is 4. The third kappa shape index (κ3) is 4.55. The summed E-state index contributed by atoms with van der Waals surface area (Å²) in [6.07, 6.45) is 2.57. The van der Waals surface area contributed by atoms with Crippen LogP contribution in [0.3, 0.4) is 0 Å². The van der Waals surface area contributed by atoms with E-state index in [1.54, 1.807) is 6.33 Å². The van der Waals surface area contributed by atoms with E-state index in [1.807, 2.05) is 42.7 Å². The van der Waals surface area contributed by atoms with Crippen molar-refractivity contribution in [3.63, 3.8) is 0 Å². The molecule has 1 N–H and O–H groups in total. The molecule has 0 saturated heterocycles. The third-order valence-electron chi connectivity index (χ3n) is 3.64. The number of methoxy groups -OCH3 is 1. The van der Waals surface area contributed by atoms with Gasteiger partial charge in [0.15, 0.2) is 0 Å². The first-order valence-electron chi connectivity index (χ1n) is 7.78. The van der Waals surface area contributed by atoms with Crippen molar-refractivity contribution >= 4 is 22.9 Å². The van der Waals surface area contributed by atoms with Crippen molar-refractivity contribution in [3.05, 3.63) is 30.6 Å². The third-order valence-corrected chi connectivity index (χ3v) is 3.64. The Morgan fingerprint density at radius 1 is 1.30 bits per heavy atom. The number of esters is 1. The van der Waals surface area contributed by atoms with E-state index in [2.05, 4.69) is 10.3 Å². The van der Waals surface area contributed by atoms with Gasteiger partial charge < -0.3 is 14.6 Å². The molecule has 0 radical (unpaired) electrons. The minimum absolute atomic E-state index is 0.168. The zero-order chi connectivity index (χ0) is 16.8. The summed E-state index contributed by atoms with van der Waals surface area (Å²) in [6, 6.07) is 7.18. The maximum absolute atomic E-state index is 12.1. The predicted octanol–water partition coefficient (Wildman–Crippen LogP) is 2.13. The lowest BCUT2D eigenvalue weighted by atomic mass is 10.0. The Morgan fingerprint density at radius 3 is 2.74 bits per heavy atom. The molecule has 1 aromatic heterocycles. The van der Waals surface area contributed by atoms with Crippen molar-refractivity contribution in [2.75, 3.05) is 7.11 Å². The van der Waals surface area contributed by atoms with Gasteiger partial charge >= 0.3 is 5.97 Å². The summed E-state index contributed by atoms with van der Waals surface area (Å²) in [7, 11) is 1.33. The Kier molecular flexibility index (Phi) is 5.73. The summed E-state index contributed by atoms with van der Waals surface area (Å²) >= 11 is 0. The Bertz CT molecular complexity index is 679. The number of amides is 1. The summed E-state index contributed by atoms with van der Waals surface area (Å²) in [6.45, 7) is 4.52. The lowest BCUT2D eigenvalue weighted by Gasteiger charge is -2.18. The number of benzene rings is 1. The molecule has 0 aliphatic heterocycles. The lowest BCUT2D eigenvalue weighted by molar-refractivity contribution is -0.145. The molecule has 2 rings (SSSR count). The fourth-order valence-electron chi connectivity index (χ4n) is 2.50. The van der Waals surface area contributed by atoms with Gasteiger partial charge in [-0.25, -0.2) is 9.78 Å². The fourth-order valence-corrected chi connectivity index (χ4v) is 2.50. The highest BCUT2D eigenvalue weighted by Gasteiger charge is 2.22. The number of fused-ring (bicyclic) bond motifs is 1. The van der Waals surface area contributed by atoms with Crippen LogP contribution in [0, 0.1) is 5.92 Å². The molecule has 0 aliphatic carbocycles. The molecule has 1 heterocycles. The van der Waals surface area contributed by atoms with Crippen LogP contribution in [0.25, 0.3) is 11.0 Å². The van der Waals surface area contributed by atoms with Crippen molar-refractivity contribution in [2.24, 2.45) is 5.92 Å². The summed E-state index contributed by atoms with van der Waals surface area (Å²) < 4.78 is 6.69. The minimum Gasteiger partial charge on any atom is -0.467 e. The molecule has 0 saturated carbocycles. The van der Waals surface area contributed by atoms with Crippen molar-refractivity contribution in [1.82, 2.24) is 14.9 Å². The number of ether oxygens (including phenoxy) is 1. The van der Waals surface area contributed by atoms with Crippen molar-refractivity contribution < 1.29 is 14.3 Å². The van der Waals surface area contributed by atoms with Gasteiger partial charge in [0.05, 0.1) is 24.5 Å². The Balaban J connectivity index is 1.94. The second-order valence-corrected chi connectivity index (χ2v) is 5.95. The molecule has 0 spiro atoms. The van der Waals surface area contributed by atoms with E-state index in [-0.39, 0.29) is 18.2 Å². The molecule has 0 aliphatic rings. The second kappa shape index (κ2) is 7.76. The van der Waals surface area contributed by atoms with Gasteiger partial charge in [-0.2, -0.15) is 0 Å². The van der Waals surface area contributed by atoms with Crippen LogP contribution in [-0.2, 0) is 20.9 Å². The number of nitrogens with one attached hydrogen (secondary N) is 1. The second-order valence-electron chi connectivity index (χ2n) is 5.95. The number of carbonyl (C=O) groups is 2. The van der Waals surface area contributed by atoms with E-state index in [0.717, 1.165) is 11.0 Å². The molecule has 6 heteroatoms. The van der Waals surface area contributed by atoms with Crippen LogP contribution in [0.5, 0.6) is 0 Å². The number of aromatic nitrogens is 2. The monoisotopic (exact) mass is 317 g/mol. The van der Waals surface area contributed by atoms with Crippen LogP contribution < -0.4 is 5.32 Å². The first kappa shape index (κ1) is 17.0. The number of aryl methyl sites for hydroxylation is 1. The summed E-state index contributed by atoms with van der Waals surface area (Å²) in [5.41, 5.74) is 1.90. The number of carbonyl (C=O) groups excluding carboxylic acids is 2. The summed E-state index contributed by atoms with van der Waals surface area (Å²) in [4.78, 5) is 28.2. The molecule has 2 aromatic rings. The maximum atomic E-state index is 12.1. The molecule has 6 nitrogen and oxygen atoms in total. The zero-order valence-electron chi connectivity index (χ0n) is 13.8. The highest BCUT2D eigenvalue weighted by Crippen LogP contribution is 2.12. The average Bonchev–Trinajstić information content (AvgIpc) is 2.94. The molecule has 0 bridgehead atoms. The van der Waals surface area contributed by atoms with Crippen LogP contribution in [0.4, 0.5) is 0 Å². The standard InChI is InChI=1S/C17H23N3O3/c1-12(2)10-14(17(22)23-3)19-16(21)8-9-20-11-18-13-6-4-5-7-15(13)20/h4-7,11-12,14H,8-10H2,1-3H3,(H,19,21). The topological polar surface area (TPSA) is 73.2 Å². The quantitative estimate of drug-likeness (QED) is 0.794. The van der Waals surface area contributed by atoms with E-state index >= 15 is 0 Å². The van der Waals surface area contributed by atoms with Crippen LogP contribution >= 0.6 is 0 Å². The summed E-state index contributed by atoms with van der Waals surface area (Å²) in [5, 5.41) is 2.76. The maximum Gasteiger partial charge on any atom is 0.328 e. The molecule has 1 unspecified atom stereocenters. The van der Waals surface area contributed by atoms with Crippen molar-refractivity contribution in [2.45, 2.75) is 39.3 Å². The molecule has 23 heavy (non-hydrogen) atoms. The average molecular weight is 317 g/mol. The Morgan fingerprint density at radius 2 is 2.04 bits per heavy atom. The van der Waals surface area contributed by atoms with Crippen molar-refractivity contribution in [3.8, 4) is 0 Å². The van der Waals surface area contributed by atoms with E-state index in [0.29, 0.717) is 13.0 Å². The number of nitrogens with zero attached hydrogens (tertiary/aromatic N) is 2. The first-order chi connectivity index (χ1) is 11.0. The highest BCUT2D eigenvalue weighted by atomic mass is 16.5. The van der Waals surface area contributed by atoms with Gasteiger partial charge in [0.1, 0.15) is 6.04 Å². The normalized spacial score (nSPS) is 12.3. The van der Waals surface area contributed by atoms with Crippen LogP contribution in [0.1, 0.15) is 26.7 Å². The van der Waals surface area contributed by atoms with Gasteiger partial charge in [0.25, 0.3) is 0 Å². The van der Waals surface area contributed by atoms with Crippen LogP contribution in [0.15, 0.2) is 30.6 Å². The molecule has 1 amide bonds. The number of imidazole rings is 1. The van der Waals surface area contributed by atoms with Gasteiger partial charge in [0.2, 0.25) is 5.91 Å². The number of hydrogen-bond donors (Lipinski definition) is 1. The first-order valence-corrected chi connectivity index (χ1v) is 7.78. The van der Waals surface area contributed by atoms with Gasteiger partial charge in [-0.05, 0) is 24.5 Å². The molecule has 1 aromatic carbocycles. The minimum atomic E-state index is -0.591. The summed E-state index contributed by atoms with van der Waals surface area (Å²) in [5.74, 6) is -0.282. The van der Waals surface area contributed by atoms with Crippen molar-refractivity contribution in [1.29, 1.82) is 0 Å². The smallest absolute Gasteiger partial charge is 0.328 e. The highest BCUT2D eigenvalue weighted by molar-refractivity contribution is 5.84. The number of para-hydroxylation sites is 2. The van der Waals surface area contributed by atoms with E-state index in [9.17, 15) is 9.59 Å². The lowest BCUT2D eigenvalue weighted by Crippen LogP contribution is -2.42. The van der Waals surface area contributed by atoms with Crippen LogP contribution in [0.2, 0.25) is 0 Å². The molecular formula is C17H23N3O3. The van der Waals surface area contributed by atoms with Gasteiger partial charge in [-0.3, -0.25) is 4.79 Å². The Hall–Kier alpha value is -2.37. The predicted molar refractivity (Wildman–Crippen MR) is 87.8 cm³/mol. The number of rotatable bonds is 7. The van der Waals surface area contributed by atoms with E-state index in [4.69, 9.17) is 4.74 Å². The van der Waals surface area contributed by atoms with E-state index < -0.39 is 12.0 Å². The molecule has 124 valence electrons.